The predicted octanol–water partition coefficient (Wildman–Crippen LogP) is 2.82. The third-order valence-corrected chi connectivity index (χ3v) is 3.64. The van der Waals surface area contributed by atoms with E-state index < -0.39 is 6.10 Å². The average molecular weight is 277 g/mol. The van der Waals surface area contributed by atoms with Crippen molar-refractivity contribution in [2.24, 2.45) is 0 Å². The van der Waals surface area contributed by atoms with Crippen LogP contribution in [0.5, 0.6) is 0 Å². The SMILES string of the molecule is CC/C=C(\C)C(=O)N1CC(O)CC1c1ccc(F)cc1. The van der Waals surface area contributed by atoms with Gasteiger partial charge in [0.05, 0.1) is 12.1 Å². The Morgan fingerprint density at radius 3 is 2.70 bits per heavy atom. The Balaban J connectivity index is 2.24. The largest absolute Gasteiger partial charge is 0.391 e. The number of carbonyl (C=O) groups excluding carboxylic acids is 1. The summed E-state index contributed by atoms with van der Waals surface area (Å²) < 4.78 is 13.0. The summed E-state index contributed by atoms with van der Waals surface area (Å²) >= 11 is 0. The molecule has 1 fully saturated rings. The Labute approximate surface area is 118 Å². The van der Waals surface area contributed by atoms with Gasteiger partial charge in [-0.2, -0.15) is 0 Å². The van der Waals surface area contributed by atoms with Crippen molar-refractivity contribution in [2.45, 2.75) is 38.8 Å². The van der Waals surface area contributed by atoms with Crippen molar-refractivity contribution in [3.05, 3.63) is 47.3 Å². The maximum Gasteiger partial charge on any atom is 0.249 e. The first-order chi connectivity index (χ1) is 9.52. The van der Waals surface area contributed by atoms with E-state index in [-0.39, 0.29) is 17.8 Å². The second-order valence-electron chi connectivity index (χ2n) is 5.21. The predicted molar refractivity (Wildman–Crippen MR) is 75.5 cm³/mol. The Hall–Kier alpha value is -1.68. The number of hydrogen-bond donors (Lipinski definition) is 1. The summed E-state index contributed by atoms with van der Waals surface area (Å²) in [6.45, 7) is 4.10. The summed E-state index contributed by atoms with van der Waals surface area (Å²) in [6, 6.07) is 5.95. The lowest BCUT2D eigenvalue weighted by atomic mass is 10.0. The van der Waals surface area contributed by atoms with Gasteiger partial charge in [-0.3, -0.25) is 4.79 Å². The fourth-order valence-electron chi connectivity index (χ4n) is 2.66. The topological polar surface area (TPSA) is 40.5 Å². The zero-order valence-corrected chi connectivity index (χ0v) is 11.8. The number of amides is 1. The molecule has 1 N–H and O–H groups in total. The minimum atomic E-state index is -0.525. The first kappa shape index (κ1) is 14.7. The molecule has 0 aliphatic carbocycles. The van der Waals surface area contributed by atoms with Crippen LogP contribution in [0.1, 0.15) is 38.3 Å². The van der Waals surface area contributed by atoms with E-state index in [1.807, 2.05) is 13.0 Å². The number of β-amino-alcohol motifs (C(OH)–C–C–N with tert-alkyl or cyclic N) is 1. The smallest absolute Gasteiger partial charge is 0.249 e. The third kappa shape index (κ3) is 3.07. The normalized spacial score (nSPS) is 23.2. The fourth-order valence-corrected chi connectivity index (χ4v) is 2.66. The molecule has 1 amide bonds. The number of hydrogen-bond acceptors (Lipinski definition) is 2. The summed E-state index contributed by atoms with van der Waals surface area (Å²) in [5, 5.41) is 9.86. The van der Waals surface area contributed by atoms with Crippen LogP contribution in [-0.2, 0) is 4.79 Å². The molecule has 0 radical (unpaired) electrons. The molecule has 0 aromatic heterocycles. The molecule has 2 rings (SSSR count). The van der Waals surface area contributed by atoms with E-state index in [9.17, 15) is 14.3 Å². The zero-order valence-electron chi connectivity index (χ0n) is 11.8. The van der Waals surface area contributed by atoms with E-state index in [1.165, 1.54) is 12.1 Å². The number of allylic oxidation sites excluding steroid dienone is 1. The van der Waals surface area contributed by atoms with Gasteiger partial charge in [0, 0.05) is 12.1 Å². The van der Waals surface area contributed by atoms with Crippen molar-refractivity contribution in [1.29, 1.82) is 0 Å². The molecule has 1 heterocycles. The molecule has 1 saturated heterocycles. The van der Waals surface area contributed by atoms with Gasteiger partial charge in [-0.1, -0.05) is 25.1 Å². The van der Waals surface area contributed by atoms with Gasteiger partial charge in [-0.05, 0) is 37.5 Å². The van der Waals surface area contributed by atoms with Crippen LogP contribution in [-0.4, -0.2) is 28.6 Å². The Kier molecular flexibility index (Phi) is 4.55. The lowest BCUT2D eigenvalue weighted by molar-refractivity contribution is -0.128. The number of benzene rings is 1. The van der Waals surface area contributed by atoms with Crippen LogP contribution in [0.25, 0.3) is 0 Å². The highest BCUT2D eigenvalue weighted by atomic mass is 19.1. The van der Waals surface area contributed by atoms with Crippen molar-refractivity contribution in [3.8, 4) is 0 Å². The van der Waals surface area contributed by atoms with Crippen molar-refractivity contribution >= 4 is 5.91 Å². The van der Waals surface area contributed by atoms with E-state index in [4.69, 9.17) is 0 Å². The van der Waals surface area contributed by atoms with Crippen LogP contribution >= 0.6 is 0 Å². The van der Waals surface area contributed by atoms with Crippen molar-refractivity contribution in [2.75, 3.05) is 6.54 Å². The van der Waals surface area contributed by atoms with Crippen LogP contribution in [0.3, 0.4) is 0 Å². The van der Waals surface area contributed by atoms with E-state index in [1.54, 1.807) is 24.0 Å². The van der Waals surface area contributed by atoms with E-state index in [0.29, 0.717) is 18.5 Å². The van der Waals surface area contributed by atoms with Crippen LogP contribution in [0.15, 0.2) is 35.9 Å². The number of nitrogens with zero attached hydrogens (tertiary/aromatic N) is 1. The molecule has 20 heavy (non-hydrogen) atoms. The molecule has 2 unspecified atom stereocenters. The molecule has 108 valence electrons. The summed E-state index contributed by atoms with van der Waals surface area (Å²) in [4.78, 5) is 14.1. The summed E-state index contributed by atoms with van der Waals surface area (Å²) in [5.74, 6) is -0.357. The first-order valence-corrected chi connectivity index (χ1v) is 6.94. The molecule has 1 aromatic rings. The highest BCUT2D eigenvalue weighted by molar-refractivity contribution is 5.93. The molecule has 1 aliphatic heterocycles. The second kappa shape index (κ2) is 6.18. The van der Waals surface area contributed by atoms with Crippen LogP contribution < -0.4 is 0 Å². The molecule has 2 atom stereocenters. The van der Waals surface area contributed by atoms with Crippen LogP contribution in [0, 0.1) is 5.82 Å². The summed E-state index contributed by atoms with van der Waals surface area (Å²) in [5.41, 5.74) is 1.55. The highest BCUT2D eigenvalue weighted by Gasteiger charge is 2.35. The minimum Gasteiger partial charge on any atom is -0.391 e. The standard InChI is InChI=1S/C16H20FNO2/c1-3-4-11(2)16(20)18-10-14(19)9-15(18)12-5-7-13(17)8-6-12/h4-8,14-15,19H,3,9-10H2,1-2H3/b11-4+. The van der Waals surface area contributed by atoms with Gasteiger partial charge < -0.3 is 10.0 Å². The number of aliphatic hydroxyl groups is 1. The number of aliphatic hydroxyl groups excluding tert-OH is 1. The van der Waals surface area contributed by atoms with E-state index in [0.717, 1.165) is 12.0 Å². The molecule has 1 aromatic carbocycles. The molecule has 3 nitrogen and oxygen atoms in total. The first-order valence-electron chi connectivity index (χ1n) is 6.94. The van der Waals surface area contributed by atoms with E-state index >= 15 is 0 Å². The zero-order chi connectivity index (χ0) is 14.7. The fraction of sp³-hybridized carbons (Fsp3) is 0.438. The van der Waals surface area contributed by atoms with Gasteiger partial charge in [-0.25, -0.2) is 4.39 Å². The second-order valence-corrected chi connectivity index (χ2v) is 5.21. The molecule has 0 spiro atoms. The Morgan fingerprint density at radius 2 is 2.10 bits per heavy atom. The number of carbonyl (C=O) groups is 1. The summed E-state index contributed by atoms with van der Waals surface area (Å²) in [6.07, 6.45) is 2.66. The molecule has 0 saturated carbocycles. The minimum absolute atomic E-state index is 0.0577. The lowest BCUT2D eigenvalue weighted by Crippen LogP contribution is -2.32. The molecular weight excluding hydrogens is 257 g/mol. The van der Waals surface area contributed by atoms with Crippen LogP contribution in [0.4, 0.5) is 4.39 Å². The molecule has 0 bridgehead atoms. The lowest BCUT2D eigenvalue weighted by Gasteiger charge is -2.25. The van der Waals surface area contributed by atoms with Crippen molar-refractivity contribution in [3.63, 3.8) is 0 Å². The maximum atomic E-state index is 13.0. The molecule has 4 heteroatoms. The summed E-state index contributed by atoms with van der Waals surface area (Å²) in [7, 11) is 0. The number of rotatable bonds is 3. The highest BCUT2D eigenvalue weighted by Crippen LogP contribution is 2.33. The van der Waals surface area contributed by atoms with Gasteiger partial charge in [0.2, 0.25) is 5.91 Å². The van der Waals surface area contributed by atoms with Gasteiger partial charge in [0.15, 0.2) is 0 Å². The van der Waals surface area contributed by atoms with Crippen LogP contribution in [0.2, 0.25) is 0 Å². The Bertz CT molecular complexity index is 510. The van der Waals surface area contributed by atoms with Gasteiger partial charge >= 0.3 is 0 Å². The van der Waals surface area contributed by atoms with E-state index in [2.05, 4.69) is 0 Å². The number of likely N-dealkylation sites (tertiary alicyclic amines) is 1. The van der Waals surface area contributed by atoms with Gasteiger partial charge in [0.25, 0.3) is 0 Å². The quantitative estimate of drug-likeness (QED) is 0.863. The third-order valence-electron chi connectivity index (χ3n) is 3.64. The van der Waals surface area contributed by atoms with Gasteiger partial charge in [-0.15, -0.1) is 0 Å². The Morgan fingerprint density at radius 1 is 1.45 bits per heavy atom. The average Bonchev–Trinajstić information content (AvgIpc) is 2.81. The maximum absolute atomic E-state index is 13.0. The monoisotopic (exact) mass is 277 g/mol. The molecule has 1 aliphatic rings. The van der Waals surface area contributed by atoms with Crippen molar-refractivity contribution in [1.82, 2.24) is 4.90 Å². The van der Waals surface area contributed by atoms with Crippen molar-refractivity contribution < 1.29 is 14.3 Å². The molecular formula is C16H20FNO2. The van der Waals surface area contributed by atoms with Gasteiger partial charge in [0.1, 0.15) is 5.82 Å². The number of halogens is 1.